The summed E-state index contributed by atoms with van der Waals surface area (Å²) in [4.78, 5) is 26.0. The highest BCUT2D eigenvalue weighted by Gasteiger charge is 2.24. The van der Waals surface area contributed by atoms with E-state index >= 15 is 0 Å². The van der Waals surface area contributed by atoms with Gasteiger partial charge in [-0.2, -0.15) is 0 Å². The van der Waals surface area contributed by atoms with Crippen LogP contribution in [0.5, 0.6) is 5.75 Å². The molecule has 0 aliphatic carbocycles. The van der Waals surface area contributed by atoms with Crippen LogP contribution in [-0.4, -0.2) is 21.9 Å². The summed E-state index contributed by atoms with van der Waals surface area (Å²) in [5, 5.41) is 16.6. The molecule has 0 bridgehead atoms. The standard InChI is InChI=1S/C14H12N4O4/c1-8-14(19)17-10-7-9(4-5-12(10)22-8)16-13-11(18(20)21)3-2-6-15-13/h2-8H,1H3,(H,15,16)(H,17,19). The second-order valence-electron chi connectivity index (χ2n) is 4.71. The molecule has 1 aliphatic heterocycles. The van der Waals surface area contributed by atoms with Crippen molar-refractivity contribution in [1.82, 2.24) is 4.98 Å². The number of rotatable bonds is 3. The van der Waals surface area contributed by atoms with E-state index in [9.17, 15) is 14.9 Å². The van der Waals surface area contributed by atoms with Crippen LogP contribution in [0.3, 0.4) is 0 Å². The van der Waals surface area contributed by atoms with Gasteiger partial charge in [-0.15, -0.1) is 0 Å². The van der Waals surface area contributed by atoms with Gasteiger partial charge in [-0.3, -0.25) is 14.9 Å². The maximum Gasteiger partial charge on any atom is 0.311 e. The lowest BCUT2D eigenvalue weighted by molar-refractivity contribution is -0.384. The molecule has 112 valence electrons. The fourth-order valence-electron chi connectivity index (χ4n) is 2.06. The summed E-state index contributed by atoms with van der Waals surface area (Å²) in [5.74, 6) is 0.436. The fraction of sp³-hybridized carbons (Fsp3) is 0.143. The second kappa shape index (κ2) is 5.32. The molecule has 0 saturated heterocycles. The smallest absolute Gasteiger partial charge is 0.311 e. The summed E-state index contributed by atoms with van der Waals surface area (Å²) in [6.07, 6.45) is 0.906. The first-order chi connectivity index (χ1) is 10.5. The third-order valence-electron chi connectivity index (χ3n) is 3.16. The number of hydrogen-bond donors (Lipinski definition) is 2. The monoisotopic (exact) mass is 300 g/mol. The summed E-state index contributed by atoms with van der Waals surface area (Å²) in [6.45, 7) is 1.65. The Morgan fingerprint density at radius 2 is 2.23 bits per heavy atom. The van der Waals surface area contributed by atoms with Gasteiger partial charge in [-0.05, 0) is 31.2 Å². The highest BCUT2D eigenvalue weighted by atomic mass is 16.6. The lowest BCUT2D eigenvalue weighted by Gasteiger charge is -2.23. The van der Waals surface area contributed by atoms with E-state index < -0.39 is 11.0 Å². The maximum absolute atomic E-state index is 11.6. The summed E-state index contributed by atoms with van der Waals surface area (Å²) in [5.41, 5.74) is 0.930. The van der Waals surface area contributed by atoms with E-state index in [-0.39, 0.29) is 17.4 Å². The lowest BCUT2D eigenvalue weighted by atomic mass is 10.2. The van der Waals surface area contributed by atoms with Gasteiger partial charge >= 0.3 is 5.69 Å². The number of ether oxygens (including phenoxy) is 1. The van der Waals surface area contributed by atoms with Crippen LogP contribution in [0.4, 0.5) is 22.9 Å². The predicted molar refractivity (Wildman–Crippen MR) is 79.3 cm³/mol. The van der Waals surface area contributed by atoms with E-state index in [4.69, 9.17) is 4.74 Å². The Kier molecular flexibility index (Phi) is 3.34. The summed E-state index contributed by atoms with van der Waals surface area (Å²) < 4.78 is 5.45. The van der Waals surface area contributed by atoms with Gasteiger partial charge in [0.25, 0.3) is 5.91 Å². The number of anilines is 3. The molecular formula is C14H12N4O4. The third-order valence-corrected chi connectivity index (χ3v) is 3.16. The minimum Gasteiger partial charge on any atom is -0.479 e. The number of nitro groups is 1. The SMILES string of the molecule is CC1Oc2ccc(Nc3ncccc3[N+](=O)[O-])cc2NC1=O. The molecule has 0 saturated carbocycles. The highest BCUT2D eigenvalue weighted by Crippen LogP contribution is 2.34. The van der Waals surface area contributed by atoms with E-state index in [0.29, 0.717) is 17.1 Å². The van der Waals surface area contributed by atoms with E-state index in [0.717, 1.165) is 0 Å². The van der Waals surface area contributed by atoms with Crippen LogP contribution in [0.15, 0.2) is 36.5 Å². The number of pyridine rings is 1. The summed E-state index contributed by atoms with van der Waals surface area (Å²) in [6, 6.07) is 7.87. The zero-order chi connectivity index (χ0) is 15.7. The minimum atomic E-state index is -0.553. The number of benzene rings is 1. The molecule has 2 N–H and O–H groups in total. The molecule has 3 rings (SSSR count). The normalized spacial score (nSPS) is 16.2. The van der Waals surface area contributed by atoms with Gasteiger partial charge in [0.05, 0.1) is 10.6 Å². The Hall–Kier alpha value is -3.16. The topological polar surface area (TPSA) is 106 Å². The van der Waals surface area contributed by atoms with Crippen molar-refractivity contribution in [3.05, 3.63) is 46.6 Å². The number of aromatic nitrogens is 1. The molecule has 8 nitrogen and oxygen atoms in total. The molecule has 8 heteroatoms. The third kappa shape index (κ3) is 2.53. The Morgan fingerprint density at radius 3 is 3.00 bits per heavy atom. The van der Waals surface area contributed by atoms with Gasteiger partial charge in [0.2, 0.25) is 5.82 Å². The quantitative estimate of drug-likeness (QED) is 0.666. The zero-order valence-electron chi connectivity index (χ0n) is 11.6. The number of fused-ring (bicyclic) bond motifs is 1. The van der Waals surface area contributed by atoms with Gasteiger partial charge in [0.15, 0.2) is 6.10 Å². The molecule has 1 aromatic carbocycles. The number of hydrogen-bond acceptors (Lipinski definition) is 6. The van der Waals surface area contributed by atoms with Crippen molar-refractivity contribution in [3.8, 4) is 5.75 Å². The molecule has 1 aromatic heterocycles. The highest BCUT2D eigenvalue weighted by molar-refractivity contribution is 5.98. The first-order valence-electron chi connectivity index (χ1n) is 6.52. The van der Waals surface area contributed by atoms with Gasteiger partial charge in [0.1, 0.15) is 5.75 Å². The molecule has 22 heavy (non-hydrogen) atoms. The number of amides is 1. The van der Waals surface area contributed by atoms with E-state index in [1.54, 1.807) is 25.1 Å². The van der Waals surface area contributed by atoms with E-state index in [1.165, 1.54) is 18.3 Å². The minimum absolute atomic E-state index is 0.129. The lowest BCUT2D eigenvalue weighted by Crippen LogP contribution is -2.34. The molecule has 1 unspecified atom stereocenters. The van der Waals surface area contributed by atoms with Crippen LogP contribution < -0.4 is 15.4 Å². The Morgan fingerprint density at radius 1 is 1.41 bits per heavy atom. The fourth-order valence-corrected chi connectivity index (χ4v) is 2.06. The molecule has 0 radical (unpaired) electrons. The summed E-state index contributed by atoms with van der Waals surface area (Å²) in [7, 11) is 0. The Labute approximate surface area is 125 Å². The molecule has 0 fully saturated rings. The maximum atomic E-state index is 11.6. The van der Waals surface area contributed by atoms with Crippen LogP contribution in [0.1, 0.15) is 6.92 Å². The van der Waals surface area contributed by atoms with Crippen molar-refractivity contribution in [2.45, 2.75) is 13.0 Å². The molecule has 1 amide bonds. The van der Waals surface area contributed by atoms with Gasteiger partial charge in [-0.25, -0.2) is 4.98 Å². The number of nitrogens with one attached hydrogen (secondary N) is 2. The van der Waals surface area contributed by atoms with Crippen LogP contribution in [0, 0.1) is 10.1 Å². The molecular weight excluding hydrogens is 288 g/mol. The number of carbonyl (C=O) groups excluding carboxylic acids is 1. The molecule has 1 atom stereocenters. The van der Waals surface area contributed by atoms with Crippen molar-refractivity contribution in [2.75, 3.05) is 10.6 Å². The average Bonchev–Trinajstić information content (AvgIpc) is 2.49. The van der Waals surface area contributed by atoms with Crippen molar-refractivity contribution < 1.29 is 14.5 Å². The van der Waals surface area contributed by atoms with Crippen molar-refractivity contribution in [3.63, 3.8) is 0 Å². The first kappa shape index (κ1) is 13.8. The molecule has 1 aliphatic rings. The van der Waals surface area contributed by atoms with Gasteiger partial charge in [0, 0.05) is 18.0 Å². The zero-order valence-corrected chi connectivity index (χ0v) is 11.6. The van der Waals surface area contributed by atoms with Crippen molar-refractivity contribution in [1.29, 1.82) is 0 Å². The van der Waals surface area contributed by atoms with E-state index in [1.807, 2.05) is 0 Å². The van der Waals surface area contributed by atoms with E-state index in [2.05, 4.69) is 15.6 Å². The largest absolute Gasteiger partial charge is 0.479 e. The van der Waals surface area contributed by atoms with Crippen LogP contribution in [0.25, 0.3) is 0 Å². The van der Waals surface area contributed by atoms with Crippen LogP contribution in [-0.2, 0) is 4.79 Å². The molecule has 0 spiro atoms. The second-order valence-corrected chi connectivity index (χ2v) is 4.71. The van der Waals surface area contributed by atoms with Gasteiger partial charge < -0.3 is 15.4 Å². The molecule has 2 aromatic rings. The molecule has 2 heterocycles. The van der Waals surface area contributed by atoms with Crippen LogP contribution >= 0.6 is 0 Å². The number of carbonyl (C=O) groups is 1. The Balaban J connectivity index is 1.90. The average molecular weight is 300 g/mol. The van der Waals surface area contributed by atoms with Gasteiger partial charge in [-0.1, -0.05) is 0 Å². The van der Waals surface area contributed by atoms with Crippen LogP contribution in [0.2, 0.25) is 0 Å². The first-order valence-corrected chi connectivity index (χ1v) is 6.52. The summed E-state index contributed by atoms with van der Waals surface area (Å²) >= 11 is 0. The van der Waals surface area contributed by atoms with Crippen molar-refractivity contribution in [2.24, 2.45) is 0 Å². The number of nitrogens with zero attached hydrogens (tertiary/aromatic N) is 2. The predicted octanol–water partition coefficient (Wildman–Crippen LogP) is 2.45. The van der Waals surface area contributed by atoms with Crippen molar-refractivity contribution >= 4 is 28.8 Å². The Bertz CT molecular complexity index is 762.